The largest absolute Gasteiger partial charge is 0.508 e. The van der Waals surface area contributed by atoms with Gasteiger partial charge in [0, 0.05) is 23.3 Å². The Morgan fingerprint density at radius 3 is 2.14 bits per heavy atom. The van der Waals surface area contributed by atoms with Crippen molar-refractivity contribution in [2.45, 2.75) is 20.4 Å². The number of benzene rings is 3. The van der Waals surface area contributed by atoms with Crippen molar-refractivity contribution < 1.29 is 14.8 Å². The van der Waals surface area contributed by atoms with Gasteiger partial charge in [0.1, 0.15) is 5.75 Å². The zero-order valence-electron chi connectivity index (χ0n) is 15.6. The number of carbonyl (C=O) groups excluding carboxylic acids is 1. The van der Waals surface area contributed by atoms with Gasteiger partial charge in [-0.15, -0.1) is 0 Å². The molecule has 0 saturated carbocycles. The van der Waals surface area contributed by atoms with Crippen molar-refractivity contribution in [3.05, 3.63) is 99.1 Å². The van der Waals surface area contributed by atoms with Gasteiger partial charge in [0.15, 0.2) is 0 Å². The molecule has 28 heavy (non-hydrogen) atoms. The number of non-ortho nitro benzene ring substituents is 1. The molecule has 0 spiro atoms. The highest BCUT2D eigenvalue weighted by Gasteiger charge is 2.23. The molecule has 0 bridgehead atoms. The van der Waals surface area contributed by atoms with Crippen LogP contribution in [0.15, 0.2) is 66.7 Å². The number of anilines is 1. The molecule has 0 saturated heterocycles. The first-order valence-electron chi connectivity index (χ1n) is 8.78. The maximum atomic E-state index is 13.3. The van der Waals surface area contributed by atoms with E-state index in [1.807, 2.05) is 32.0 Å². The van der Waals surface area contributed by atoms with Crippen molar-refractivity contribution in [1.82, 2.24) is 0 Å². The van der Waals surface area contributed by atoms with E-state index in [1.54, 1.807) is 29.2 Å². The van der Waals surface area contributed by atoms with Gasteiger partial charge in [-0.05, 0) is 43.2 Å². The highest BCUT2D eigenvalue weighted by atomic mass is 16.6. The monoisotopic (exact) mass is 376 g/mol. The summed E-state index contributed by atoms with van der Waals surface area (Å²) >= 11 is 0. The first-order valence-corrected chi connectivity index (χ1v) is 8.78. The Balaban J connectivity index is 2.06. The number of nitro benzene ring substituents is 1. The molecule has 0 aliphatic heterocycles. The van der Waals surface area contributed by atoms with Crippen LogP contribution in [-0.4, -0.2) is 15.9 Å². The van der Waals surface area contributed by atoms with E-state index in [4.69, 9.17) is 0 Å². The molecule has 1 N–H and O–H groups in total. The Bertz CT molecular complexity index is 1010. The number of carbonyl (C=O) groups is 1. The molecule has 3 rings (SSSR count). The maximum absolute atomic E-state index is 13.3. The van der Waals surface area contributed by atoms with Gasteiger partial charge in [-0.3, -0.25) is 14.9 Å². The second-order valence-electron chi connectivity index (χ2n) is 6.56. The third-order valence-corrected chi connectivity index (χ3v) is 4.60. The van der Waals surface area contributed by atoms with Crippen molar-refractivity contribution in [1.29, 1.82) is 0 Å². The first kappa shape index (κ1) is 19.1. The molecule has 0 aliphatic rings. The number of nitro groups is 1. The second-order valence-corrected chi connectivity index (χ2v) is 6.56. The smallest absolute Gasteiger partial charge is 0.269 e. The normalized spacial score (nSPS) is 10.5. The Kier molecular flexibility index (Phi) is 5.40. The Morgan fingerprint density at radius 1 is 0.964 bits per heavy atom. The lowest BCUT2D eigenvalue weighted by Gasteiger charge is -2.27. The average Bonchev–Trinajstić information content (AvgIpc) is 2.68. The van der Waals surface area contributed by atoms with Gasteiger partial charge in [-0.1, -0.05) is 36.4 Å². The van der Waals surface area contributed by atoms with E-state index in [0.717, 1.165) is 16.8 Å². The predicted octanol–water partition coefficient (Wildman–Crippen LogP) is 4.76. The molecule has 6 nitrogen and oxygen atoms in total. The van der Waals surface area contributed by atoms with E-state index in [1.165, 1.54) is 24.3 Å². The van der Waals surface area contributed by atoms with Crippen molar-refractivity contribution in [2.24, 2.45) is 0 Å². The molecule has 0 heterocycles. The Labute approximate surface area is 162 Å². The summed E-state index contributed by atoms with van der Waals surface area (Å²) in [4.78, 5) is 25.3. The molecule has 1 amide bonds. The van der Waals surface area contributed by atoms with Crippen LogP contribution in [0, 0.1) is 24.0 Å². The second kappa shape index (κ2) is 7.92. The van der Waals surface area contributed by atoms with E-state index < -0.39 is 4.92 Å². The predicted molar refractivity (Wildman–Crippen MR) is 108 cm³/mol. The van der Waals surface area contributed by atoms with Crippen LogP contribution in [0.4, 0.5) is 11.4 Å². The lowest BCUT2D eigenvalue weighted by molar-refractivity contribution is -0.384. The van der Waals surface area contributed by atoms with Crippen LogP contribution in [0.3, 0.4) is 0 Å². The standard InChI is InChI=1S/C22H20N2O4/c1-15-6-5-7-16(2)21(15)23(14-18-8-3-4-9-20(18)25)22(26)17-10-12-19(13-11-17)24(27)28/h3-13,25H,14H2,1-2H3. The van der Waals surface area contributed by atoms with Crippen LogP contribution in [-0.2, 0) is 6.54 Å². The van der Waals surface area contributed by atoms with Gasteiger partial charge >= 0.3 is 0 Å². The maximum Gasteiger partial charge on any atom is 0.269 e. The number of phenols is 1. The first-order chi connectivity index (χ1) is 13.4. The van der Waals surface area contributed by atoms with Crippen molar-refractivity contribution in [3.63, 3.8) is 0 Å². The summed E-state index contributed by atoms with van der Waals surface area (Å²) in [6.07, 6.45) is 0. The molecule has 6 heteroatoms. The summed E-state index contributed by atoms with van der Waals surface area (Å²) in [6.45, 7) is 4.01. The van der Waals surface area contributed by atoms with Gasteiger partial charge in [0.05, 0.1) is 17.2 Å². The van der Waals surface area contributed by atoms with Crippen LogP contribution in [0.25, 0.3) is 0 Å². The summed E-state index contributed by atoms with van der Waals surface area (Å²) < 4.78 is 0. The van der Waals surface area contributed by atoms with Crippen LogP contribution in [0.1, 0.15) is 27.0 Å². The van der Waals surface area contributed by atoms with E-state index in [2.05, 4.69) is 0 Å². The molecule has 3 aromatic carbocycles. The van der Waals surface area contributed by atoms with Crippen LogP contribution in [0.5, 0.6) is 5.75 Å². The average molecular weight is 376 g/mol. The van der Waals surface area contributed by atoms with Crippen molar-refractivity contribution >= 4 is 17.3 Å². The molecule has 142 valence electrons. The lowest BCUT2D eigenvalue weighted by Crippen LogP contribution is -2.31. The minimum Gasteiger partial charge on any atom is -0.508 e. The van der Waals surface area contributed by atoms with Gasteiger partial charge in [0.25, 0.3) is 11.6 Å². The molecule has 3 aromatic rings. The van der Waals surface area contributed by atoms with Gasteiger partial charge in [-0.25, -0.2) is 0 Å². The molecule has 0 aliphatic carbocycles. The number of phenolic OH excluding ortho intramolecular Hbond substituents is 1. The van der Waals surface area contributed by atoms with Gasteiger partial charge in [-0.2, -0.15) is 0 Å². The third-order valence-electron chi connectivity index (χ3n) is 4.60. The number of hydrogen-bond acceptors (Lipinski definition) is 4. The van der Waals surface area contributed by atoms with E-state index in [0.29, 0.717) is 11.1 Å². The summed E-state index contributed by atoms with van der Waals surface area (Å²) in [6, 6.07) is 18.2. The number of rotatable bonds is 5. The number of nitrogens with zero attached hydrogens (tertiary/aromatic N) is 2. The molecule has 0 unspecified atom stereocenters. The molecule has 0 atom stereocenters. The van der Waals surface area contributed by atoms with Crippen molar-refractivity contribution in [2.75, 3.05) is 4.90 Å². The molecule has 0 fully saturated rings. The number of aryl methyl sites for hydroxylation is 2. The third kappa shape index (κ3) is 3.86. The topological polar surface area (TPSA) is 83.7 Å². The fourth-order valence-corrected chi connectivity index (χ4v) is 3.18. The highest BCUT2D eigenvalue weighted by Crippen LogP contribution is 2.30. The minimum absolute atomic E-state index is 0.0733. The van der Waals surface area contributed by atoms with E-state index in [-0.39, 0.29) is 23.9 Å². The fraction of sp³-hybridized carbons (Fsp3) is 0.136. The van der Waals surface area contributed by atoms with Gasteiger partial charge < -0.3 is 10.0 Å². The number of para-hydroxylation sites is 2. The summed E-state index contributed by atoms with van der Waals surface area (Å²) in [5.41, 5.74) is 3.48. The molecular formula is C22H20N2O4. The molecular weight excluding hydrogens is 356 g/mol. The van der Waals surface area contributed by atoms with E-state index in [9.17, 15) is 20.0 Å². The molecule has 0 radical (unpaired) electrons. The number of aromatic hydroxyl groups is 1. The molecule has 0 aromatic heterocycles. The van der Waals surface area contributed by atoms with Crippen molar-refractivity contribution in [3.8, 4) is 5.75 Å². The van der Waals surface area contributed by atoms with E-state index >= 15 is 0 Å². The quantitative estimate of drug-likeness (QED) is 0.514. The number of amides is 1. The zero-order valence-corrected chi connectivity index (χ0v) is 15.6. The fourth-order valence-electron chi connectivity index (χ4n) is 3.18. The zero-order chi connectivity index (χ0) is 20.3. The SMILES string of the molecule is Cc1cccc(C)c1N(Cc1ccccc1O)C(=O)c1ccc([N+](=O)[O-])cc1. The highest BCUT2D eigenvalue weighted by molar-refractivity contribution is 6.07. The van der Waals surface area contributed by atoms with Crippen LogP contribution >= 0.6 is 0 Å². The number of hydrogen-bond donors (Lipinski definition) is 1. The lowest BCUT2D eigenvalue weighted by atomic mass is 10.0. The minimum atomic E-state index is -0.500. The summed E-state index contributed by atoms with van der Waals surface area (Å²) in [5.74, 6) is -0.189. The van der Waals surface area contributed by atoms with Gasteiger partial charge in [0.2, 0.25) is 0 Å². The Hall–Kier alpha value is -3.67. The Morgan fingerprint density at radius 2 is 1.57 bits per heavy atom. The summed E-state index contributed by atoms with van der Waals surface area (Å²) in [7, 11) is 0. The van der Waals surface area contributed by atoms with Crippen LogP contribution in [0.2, 0.25) is 0 Å². The van der Waals surface area contributed by atoms with Crippen LogP contribution < -0.4 is 4.90 Å². The summed E-state index contributed by atoms with van der Waals surface area (Å²) in [5, 5.41) is 21.1.